The van der Waals surface area contributed by atoms with Gasteiger partial charge in [0.15, 0.2) is 5.16 Å². The van der Waals surface area contributed by atoms with Crippen LogP contribution in [-0.2, 0) is 12.3 Å². The zero-order valence-corrected chi connectivity index (χ0v) is 25.2. The largest absolute Gasteiger partial charge is 0.333 e. The van der Waals surface area contributed by atoms with E-state index >= 15 is 0 Å². The Morgan fingerprint density at radius 1 is 1.00 bits per heavy atom. The summed E-state index contributed by atoms with van der Waals surface area (Å²) in [5.74, 6) is 2.84. The average molecular weight is 610 g/mol. The number of hydrogen-bond acceptors (Lipinski definition) is 9. The molecular formula is C22H31Cl3N8S3. The Kier molecular flexibility index (Phi) is 15.1. The highest BCUT2D eigenvalue weighted by Crippen LogP contribution is 2.29. The topological polar surface area (TPSA) is 88.4 Å². The molecule has 0 atom stereocenters. The van der Waals surface area contributed by atoms with E-state index in [0.717, 1.165) is 63.8 Å². The first kappa shape index (κ1) is 32.8. The van der Waals surface area contributed by atoms with Gasteiger partial charge in [0.2, 0.25) is 5.16 Å². The maximum absolute atomic E-state index is 4.65. The molecule has 1 aromatic carbocycles. The van der Waals surface area contributed by atoms with Gasteiger partial charge in [-0.05, 0) is 67.4 Å². The molecule has 0 spiro atoms. The van der Waals surface area contributed by atoms with Crippen molar-refractivity contribution in [2.75, 3.05) is 32.1 Å². The van der Waals surface area contributed by atoms with Gasteiger partial charge in [-0.25, -0.2) is 9.67 Å². The lowest BCUT2D eigenvalue weighted by molar-refractivity contribution is 0.361. The normalized spacial score (nSPS) is 10.7. The lowest BCUT2D eigenvalue weighted by atomic mass is 10.2. The minimum atomic E-state index is 0. The number of aromatic amines is 1. The first-order chi connectivity index (χ1) is 16.1. The number of benzene rings is 1. The molecule has 0 saturated carbocycles. The quantitative estimate of drug-likeness (QED) is 0.162. The van der Waals surface area contributed by atoms with Crippen molar-refractivity contribution in [2.24, 2.45) is 0 Å². The number of H-pyrrole nitrogens is 1. The lowest BCUT2D eigenvalue weighted by Crippen LogP contribution is -2.19. The van der Waals surface area contributed by atoms with Gasteiger partial charge in [-0.2, -0.15) is 0 Å². The van der Waals surface area contributed by atoms with Gasteiger partial charge in [-0.15, -0.1) is 54.1 Å². The number of para-hydroxylation sites is 2. The zero-order valence-electron chi connectivity index (χ0n) is 20.3. The summed E-state index contributed by atoms with van der Waals surface area (Å²) in [7, 11) is 4.11. The van der Waals surface area contributed by atoms with Crippen molar-refractivity contribution < 1.29 is 0 Å². The van der Waals surface area contributed by atoms with Crippen LogP contribution in [-0.4, -0.2) is 72.2 Å². The molecule has 36 heavy (non-hydrogen) atoms. The number of nitrogens with zero attached hydrogens (tertiary/aromatic N) is 7. The monoisotopic (exact) mass is 608 g/mol. The molecule has 0 saturated heterocycles. The third kappa shape index (κ3) is 9.27. The Labute approximate surface area is 243 Å². The fraction of sp³-hybridized carbons (Fsp3) is 0.409. The van der Waals surface area contributed by atoms with Crippen molar-refractivity contribution in [1.29, 1.82) is 0 Å². The standard InChI is InChI=1S/C22H28N8S3.3ClH/c1-16-19(15-33-21-24-17-7-4-5-8-18(17)25-21)23-10-9-20(16)31-13-6-14-32-22-26-27-28-30(22)12-11-29(2)3;;;/h4-5,7-10H,6,11-15H2,1-3H3,(H,24,25);3*1H. The number of pyridine rings is 1. The van der Waals surface area contributed by atoms with E-state index in [-0.39, 0.29) is 37.2 Å². The van der Waals surface area contributed by atoms with Crippen LogP contribution in [0, 0.1) is 6.92 Å². The summed E-state index contributed by atoms with van der Waals surface area (Å²) in [6.07, 6.45) is 3.00. The SMILES string of the molecule is Cc1c(SCCCSc2nnnn2CCN(C)C)ccnc1CSc1nc2ccccc2[nH]1.Cl.Cl.Cl. The highest BCUT2D eigenvalue weighted by molar-refractivity contribution is 8.00. The van der Waals surface area contributed by atoms with Crippen LogP contribution in [0.3, 0.4) is 0 Å². The van der Waals surface area contributed by atoms with Crippen molar-refractivity contribution in [3.05, 3.63) is 47.8 Å². The molecule has 0 fully saturated rings. The van der Waals surface area contributed by atoms with Gasteiger partial charge in [0.1, 0.15) is 0 Å². The van der Waals surface area contributed by atoms with Gasteiger partial charge in [0, 0.05) is 29.1 Å². The van der Waals surface area contributed by atoms with E-state index in [1.165, 1.54) is 10.5 Å². The van der Waals surface area contributed by atoms with Gasteiger partial charge >= 0.3 is 0 Å². The van der Waals surface area contributed by atoms with E-state index in [9.17, 15) is 0 Å². The number of tetrazole rings is 1. The molecule has 4 aromatic rings. The molecule has 0 amide bonds. The molecule has 0 aliphatic rings. The van der Waals surface area contributed by atoms with Crippen LogP contribution in [0.4, 0.5) is 0 Å². The van der Waals surface area contributed by atoms with Crippen molar-refractivity contribution >= 4 is 83.5 Å². The van der Waals surface area contributed by atoms with Crippen molar-refractivity contribution in [3.8, 4) is 0 Å². The maximum Gasteiger partial charge on any atom is 0.209 e. The van der Waals surface area contributed by atoms with Gasteiger partial charge in [-0.3, -0.25) is 4.98 Å². The molecule has 0 radical (unpaired) electrons. The molecule has 1 N–H and O–H groups in total. The average Bonchev–Trinajstić information content (AvgIpc) is 3.43. The molecule has 0 aliphatic carbocycles. The van der Waals surface area contributed by atoms with Crippen LogP contribution in [0.1, 0.15) is 17.7 Å². The molecule has 0 unspecified atom stereocenters. The first-order valence-electron chi connectivity index (χ1n) is 10.8. The summed E-state index contributed by atoms with van der Waals surface area (Å²) >= 11 is 5.31. The third-order valence-corrected chi connectivity index (χ3v) is 8.18. The Hall–Kier alpha value is -1.21. The molecule has 3 heterocycles. The molecular weight excluding hydrogens is 579 g/mol. The zero-order chi connectivity index (χ0) is 23.0. The van der Waals surface area contributed by atoms with Gasteiger partial charge in [0.05, 0.1) is 23.3 Å². The van der Waals surface area contributed by atoms with E-state index in [0.29, 0.717) is 0 Å². The smallest absolute Gasteiger partial charge is 0.209 e. The summed E-state index contributed by atoms with van der Waals surface area (Å²) in [5, 5.41) is 13.9. The molecule has 0 aliphatic heterocycles. The summed E-state index contributed by atoms with van der Waals surface area (Å²) in [4.78, 5) is 16.1. The highest BCUT2D eigenvalue weighted by Gasteiger charge is 2.10. The van der Waals surface area contributed by atoms with E-state index in [1.54, 1.807) is 23.5 Å². The van der Waals surface area contributed by atoms with Crippen molar-refractivity contribution in [3.63, 3.8) is 0 Å². The summed E-state index contributed by atoms with van der Waals surface area (Å²) < 4.78 is 1.89. The second kappa shape index (κ2) is 16.6. The molecule has 4 rings (SSSR count). The fourth-order valence-corrected chi connectivity index (χ4v) is 6.07. The van der Waals surface area contributed by atoms with Crippen LogP contribution < -0.4 is 0 Å². The van der Waals surface area contributed by atoms with E-state index < -0.39 is 0 Å². The summed E-state index contributed by atoms with van der Waals surface area (Å²) in [6.45, 7) is 3.90. The number of halogens is 3. The number of imidazole rings is 1. The van der Waals surface area contributed by atoms with Gasteiger partial charge in [0.25, 0.3) is 0 Å². The minimum absolute atomic E-state index is 0. The van der Waals surface area contributed by atoms with E-state index in [4.69, 9.17) is 0 Å². The number of thioether (sulfide) groups is 3. The van der Waals surface area contributed by atoms with Crippen molar-refractivity contribution in [1.82, 2.24) is 40.1 Å². The Morgan fingerprint density at radius 2 is 1.78 bits per heavy atom. The predicted molar refractivity (Wildman–Crippen MR) is 159 cm³/mol. The number of aromatic nitrogens is 7. The Bertz CT molecular complexity index is 1160. The molecule has 3 aromatic heterocycles. The molecule has 8 nitrogen and oxygen atoms in total. The van der Waals surface area contributed by atoms with Crippen LogP contribution in [0.15, 0.2) is 51.7 Å². The Balaban J connectivity index is 0.00000216. The lowest BCUT2D eigenvalue weighted by Gasteiger charge is -2.10. The van der Waals surface area contributed by atoms with Crippen molar-refractivity contribution in [2.45, 2.75) is 40.9 Å². The number of likely N-dealkylation sites (N-methyl/N-ethyl adjacent to an activating group) is 1. The Morgan fingerprint density at radius 3 is 2.56 bits per heavy atom. The number of hydrogen-bond donors (Lipinski definition) is 1. The fourth-order valence-electron chi connectivity index (χ4n) is 3.13. The van der Waals surface area contributed by atoms with E-state index in [2.05, 4.69) is 68.5 Å². The van der Waals surface area contributed by atoms with E-state index in [1.807, 2.05) is 40.8 Å². The second-order valence-electron chi connectivity index (χ2n) is 7.77. The van der Waals surface area contributed by atoms with Crippen LogP contribution in [0.5, 0.6) is 0 Å². The first-order valence-corrected chi connectivity index (χ1v) is 13.7. The molecule has 14 heteroatoms. The van der Waals surface area contributed by atoms with Crippen LogP contribution in [0.25, 0.3) is 11.0 Å². The number of nitrogens with one attached hydrogen (secondary N) is 1. The van der Waals surface area contributed by atoms with Crippen LogP contribution >= 0.6 is 72.5 Å². The summed E-state index contributed by atoms with van der Waals surface area (Å²) in [6, 6.07) is 10.2. The summed E-state index contributed by atoms with van der Waals surface area (Å²) in [5.41, 5.74) is 4.43. The van der Waals surface area contributed by atoms with Gasteiger partial charge < -0.3 is 9.88 Å². The number of fused-ring (bicyclic) bond motifs is 1. The molecule has 0 bridgehead atoms. The minimum Gasteiger partial charge on any atom is -0.333 e. The predicted octanol–water partition coefficient (Wildman–Crippen LogP) is 5.65. The second-order valence-corrected chi connectivity index (χ2v) is 10.9. The maximum atomic E-state index is 4.65. The molecule has 198 valence electrons. The van der Waals surface area contributed by atoms with Crippen LogP contribution in [0.2, 0.25) is 0 Å². The highest BCUT2D eigenvalue weighted by atomic mass is 35.5. The number of rotatable bonds is 12. The third-order valence-electron chi connectivity index (χ3n) is 5.01. The van der Waals surface area contributed by atoms with Gasteiger partial charge in [-0.1, -0.05) is 35.7 Å².